The van der Waals surface area contributed by atoms with E-state index in [-0.39, 0.29) is 19.3 Å². The minimum atomic E-state index is -4.25. The van der Waals surface area contributed by atoms with E-state index in [1.54, 1.807) is 0 Å². The van der Waals surface area contributed by atoms with E-state index in [2.05, 4.69) is 10.1 Å². The van der Waals surface area contributed by atoms with Gasteiger partial charge >= 0.3 is 6.18 Å². The fourth-order valence-corrected chi connectivity index (χ4v) is 0.861. The van der Waals surface area contributed by atoms with Gasteiger partial charge in [-0.25, -0.2) is 0 Å². The van der Waals surface area contributed by atoms with Crippen LogP contribution in [0.1, 0.15) is 13.3 Å². The highest BCUT2D eigenvalue weighted by Gasteiger charge is 2.27. The third-order valence-corrected chi connectivity index (χ3v) is 1.57. The predicted molar refractivity (Wildman–Crippen MR) is 46.0 cm³/mol. The first-order valence-electron chi connectivity index (χ1n) is 4.44. The van der Waals surface area contributed by atoms with Gasteiger partial charge < -0.3 is 15.2 Å². The second-order valence-electron chi connectivity index (χ2n) is 3.04. The van der Waals surface area contributed by atoms with Crippen LogP contribution >= 0.6 is 0 Å². The molecule has 0 fully saturated rings. The normalized spacial score (nSPS) is 14.4. The summed E-state index contributed by atoms with van der Waals surface area (Å²) in [5, 5.41) is 11.4. The van der Waals surface area contributed by atoms with Gasteiger partial charge in [-0.05, 0) is 13.3 Å². The van der Waals surface area contributed by atoms with Gasteiger partial charge in [-0.3, -0.25) is 0 Å². The summed E-state index contributed by atoms with van der Waals surface area (Å²) in [6.07, 6.45) is -3.67. The maximum absolute atomic E-state index is 11.6. The van der Waals surface area contributed by atoms with E-state index in [1.807, 2.05) is 6.92 Å². The summed E-state index contributed by atoms with van der Waals surface area (Å²) in [6, 6.07) is 0.0921. The molecule has 0 radical (unpaired) electrons. The molecule has 0 amide bonds. The Morgan fingerprint density at radius 1 is 1.43 bits per heavy atom. The van der Waals surface area contributed by atoms with Gasteiger partial charge in [0, 0.05) is 19.2 Å². The molecular formula is C8H16F3NO2. The van der Waals surface area contributed by atoms with Crippen LogP contribution in [-0.4, -0.2) is 43.7 Å². The van der Waals surface area contributed by atoms with Crippen LogP contribution < -0.4 is 5.32 Å². The summed E-state index contributed by atoms with van der Waals surface area (Å²) in [4.78, 5) is 0. The van der Waals surface area contributed by atoms with Gasteiger partial charge in [-0.1, -0.05) is 0 Å². The van der Waals surface area contributed by atoms with Crippen molar-refractivity contribution in [2.75, 3.05) is 26.4 Å². The Balaban J connectivity index is 3.21. The monoisotopic (exact) mass is 215 g/mol. The molecule has 0 aromatic heterocycles. The number of aliphatic hydroxyl groups excluding tert-OH is 1. The third-order valence-electron chi connectivity index (χ3n) is 1.57. The lowest BCUT2D eigenvalue weighted by Gasteiger charge is -2.12. The summed E-state index contributed by atoms with van der Waals surface area (Å²) in [5.41, 5.74) is 0. The van der Waals surface area contributed by atoms with Gasteiger partial charge in [0.05, 0.1) is 6.61 Å². The Hall–Kier alpha value is -0.330. The van der Waals surface area contributed by atoms with Crippen molar-refractivity contribution in [2.24, 2.45) is 0 Å². The molecule has 0 aromatic rings. The highest BCUT2D eigenvalue weighted by molar-refractivity contribution is 4.58. The van der Waals surface area contributed by atoms with Crippen LogP contribution in [0.2, 0.25) is 0 Å². The Morgan fingerprint density at radius 2 is 2.07 bits per heavy atom. The van der Waals surface area contributed by atoms with E-state index in [0.717, 1.165) is 0 Å². The Morgan fingerprint density at radius 3 is 2.57 bits per heavy atom. The molecule has 0 saturated carbocycles. The van der Waals surface area contributed by atoms with E-state index in [4.69, 9.17) is 5.11 Å². The molecule has 86 valence electrons. The molecule has 6 heteroatoms. The first kappa shape index (κ1) is 13.7. The van der Waals surface area contributed by atoms with Crippen LogP contribution in [0.5, 0.6) is 0 Å². The van der Waals surface area contributed by atoms with Gasteiger partial charge in [0.2, 0.25) is 0 Å². The topological polar surface area (TPSA) is 41.5 Å². The minimum Gasteiger partial charge on any atom is -0.396 e. The molecule has 2 N–H and O–H groups in total. The van der Waals surface area contributed by atoms with Crippen LogP contribution in [0.3, 0.4) is 0 Å². The predicted octanol–water partition coefficient (Wildman–Crippen LogP) is 0.926. The van der Waals surface area contributed by atoms with E-state index in [1.165, 1.54) is 0 Å². The molecule has 0 aliphatic rings. The van der Waals surface area contributed by atoms with Crippen molar-refractivity contribution in [3.8, 4) is 0 Å². The SMILES string of the molecule is CC(CCO)NCCOCC(F)(F)F. The zero-order valence-electron chi connectivity index (χ0n) is 8.10. The average Bonchev–Trinajstić information content (AvgIpc) is 2.02. The molecule has 0 aromatic carbocycles. The van der Waals surface area contributed by atoms with Crippen LogP contribution in [0.4, 0.5) is 13.2 Å². The molecule has 0 heterocycles. The second kappa shape index (κ2) is 7.03. The van der Waals surface area contributed by atoms with Crippen molar-refractivity contribution in [2.45, 2.75) is 25.6 Å². The molecule has 0 aliphatic carbocycles. The molecule has 0 saturated heterocycles. The number of ether oxygens (including phenoxy) is 1. The number of hydrogen-bond donors (Lipinski definition) is 2. The van der Waals surface area contributed by atoms with E-state index in [0.29, 0.717) is 13.0 Å². The average molecular weight is 215 g/mol. The van der Waals surface area contributed by atoms with Gasteiger partial charge in [0.25, 0.3) is 0 Å². The maximum atomic E-state index is 11.6. The lowest BCUT2D eigenvalue weighted by atomic mass is 10.2. The fourth-order valence-electron chi connectivity index (χ4n) is 0.861. The summed E-state index contributed by atoms with van der Waals surface area (Å²) >= 11 is 0. The van der Waals surface area contributed by atoms with Crippen LogP contribution in [0.15, 0.2) is 0 Å². The van der Waals surface area contributed by atoms with Crippen molar-refractivity contribution in [1.29, 1.82) is 0 Å². The zero-order chi connectivity index (χ0) is 11.0. The lowest BCUT2D eigenvalue weighted by Crippen LogP contribution is -2.31. The van der Waals surface area contributed by atoms with Crippen LogP contribution in [0.25, 0.3) is 0 Å². The quantitative estimate of drug-likeness (QED) is 0.621. The lowest BCUT2D eigenvalue weighted by molar-refractivity contribution is -0.173. The highest BCUT2D eigenvalue weighted by atomic mass is 19.4. The first-order valence-corrected chi connectivity index (χ1v) is 4.44. The second-order valence-corrected chi connectivity index (χ2v) is 3.04. The Labute approximate surface area is 81.2 Å². The molecule has 0 spiro atoms. The fraction of sp³-hybridized carbons (Fsp3) is 1.00. The summed E-state index contributed by atoms with van der Waals surface area (Å²) in [5.74, 6) is 0. The number of rotatable bonds is 7. The Bertz CT molecular complexity index is 141. The maximum Gasteiger partial charge on any atom is 0.411 e. The molecule has 0 rings (SSSR count). The van der Waals surface area contributed by atoms with E-state index in [9.17, 15) is 13.2 Å². The van der Waals surface area contributed by atoms with E-state index >= 15 is 0 Å². The zero-order valence-corrected chi connectivity index (χ0v) is 8.10. The number of alkyl halides is 3. The molecule has 0 aliphatic heterocycles. The molecule has 0 bridgehead atoms. The first-order chi connectivity index (χ1) is 6.45. The number of hydrogen-bond acceptors (Lipinski definition) is 3. The van der Waals surface area contributed by atoms with Gasteiger partial charge in [-0.15, -0.1) is 0 Å². The van der Waals surface area contributed by atoms with Crippen LogP contribution in [-0.2, 0) is 4.74 Å². The van der Waals surface area contributed by atoms with E-state index < -0.39 is 12.8 Å². The molecule has 14 heavy (non-hydrogen) atoms. The minimum absolute atomic E-state index is 0.0231. The van der Waals surface area contributed by atoms with Crippen molar-refractivity contribution in [3.63, 3.8) is 0 Å². The van der Waals surface area contributed by atoms with Gasteiger partial charge in [0.1, 0.15) is 6.61 Å². The van der Waals surface area contributed by atoms with Crippen molar-refractivity contribution >= 4 is 0 Å². The van der Waals surface area contributed by atoms with Crippen LogP contribution in [0, 0.1) is 0 Å². The molecular weight excluding hydrogens is 199 g/mol. The smallest absolute Gasteiger partial charge is 0.396 e. The third kappa shape index (κ3) is 9.76. The molecule has 1 unspecified atom stereocenters. The summed E-state index contributed by atoms with van der Waals surface area (Å²) in [7, 11) is 0. The summed E-state index contributed by atoms with van der Waals surface area (Å²) < 4.78 is 39.1. The Kier molecular flexibility index (Phi) is 6.86. The van der Waals surface area contributed by atoms with Crippen molar-refractivity contribution in [1.82, 2.24) is 5.32 Å². The van der Waals surface area contributed by atoms with Gasteiger partial charge in [-0.2, -0.15) is 13.2 Å². The van der Waals surface area contributed by atoms with Crippen molar-refractivity contribution < 1.29 is 23.0 Å². The standard InChI is InChI=1S/C8H16F3NO2/c1-7(2-4-13)12-3-5-14-6-8(9,10)11/h7,12-13H,2-6H2,1H3. The number of halogens is 3. The highest BCUT2D eigenvalue weighted by Crippen LogP contribution is 2.13. The summed E-state index contributed by atoms with van der Waals surface area (Å²) in [6.45, 7) is 1.09. The number of nitrogens with one attached hydrogen (secondary N) is 1. The molecule has 1 atom stereocenters. The largest absolute Gasteiger partial charge is 0.411 e. The van der Waals surface area contributed by atoms with Crippen molar-refractivity contribution in [3.05, 3.63) is 0 Å². The van der Waals surface area contributed by atoms with Gasteiger partial charge in [0.15, 0.2) is 0 Å². The number of aliphatic hydroxyl groups is 1. The molecule has 3 nitrogen and oxygen atoms in total.